The molecule has 0 fully saturated rings. The van der Waals surface area contributed by atoms with E-state index in [0.717, 1.165) is 0 Å². The largest absolute Gasteiger partial charge is 0.374 e. The van der Waals surface area contributed by atoms with Gasteiger partial charge < -0.3 is 9.47 Å². The molecule has 136 valence electrons. The third-order valence-corrected chi connectivity index (χ3v) is 4.52. The molecule has 0 N–H and O–H groups in total. The highest BCUT2D eigenvalue weighted by molar-refractivity contribution is 5.39. The van der Waals surface area contributed by atoms with E-state index in [0.29, 0.717) is 13.2 Å². The molecule has 2 rings (SSSR count). The van der Waals surface area contributed by atoms with E-state index >= 15 is 0 Å². The smallest absolute Gasteiger partial charge is 0.0720 e. The first-order valence-electron chi connectivity index (χ1n) is 9.21. The molecule has 2 nitrogen and oxygen atoms in total. The Kier molecular flexibility index (Phi) is 6.80. The Labute approximate surface area is 153 Å². The highest BCUT2D eigenvalue weighted by Gasteiger charge is 2.22. The van der Waals surface area contributed by atoms with E-state index in [2.05, 4.69) is 90.1 Å². The first-order valence-corrected chi connectivity index (χ1v) is 9.21. The van der Waals surface area contributed by atoms with Crippen molar-refractivity contribution in [1.82, 2.24) is 0 Å². The van der Waals surface area contributed by atoms with Crippen molar-refractivity contribution in [2.45, 2.75) is 72.4 Å². The van der Waals surface area contributed by atoms with Crippen molar-refractivity contribution in [1.29, 1.82) is 0 Å². The van der Waals surface area contributed by atoms with Crippen LogP contribution in [0, 0.1) is 0 Å². The maximum atomic E-state index is 5.68. The maximum Gasteiger partial charge on any atom is 0.0720 e. The fourth-order valence-electron chi connectivity index (χ4n) is 2.73. The number of hydrogen-bond donors (Lipinski definition) is 0. The van der Waals surface area contributed by atoms with Crippen molar-refractivity contribution < 1.29 is 9.47 Å². The molecule has 0 aliphatic rings. The summed E-state index contributed by atoms with van der Waals surface area (Å²) in [6, 6.07) is 17.6. The fourth-order valence-corrected chi connectivity index (χ4v) is 2.73. The molecule has 0 atom stereocenters. The minimum absolute atomic E-state index is 0.0329. The highest BCUT2D eigenvalue weighted by Crippen LogP contribution is 2.32. The van der Waals surface area contributed by atoms with Gasteiger partial charge in [-0.25, -0.2) is 0 Å². The van der Waals surface area contributed by atoms with Crippen LogP contribution in [0.1, 0.15) is 63.8 Å². The molecule has 2 aromatic carbocycles. The molecule has 0 heterocycles. The molecule has 0 radical (unpaired) electrons. The standard InChI is InChI=1S/C23H32O2/c1-17(2)24-15-19-7-11-21(12-8-19)23(5,6)22-13-9-20(10-14-22)16-25-18(3)4/h7-14,17-18H,15-16H2,1-6H3. The summed E-state index contributed by atoms with van der Waals surface area (Å²) in [5, 5.41) is 0. The minimum atomic E-state index is -0.0329. The van der Waals surface area contributed by atoms with E-state index < -0.39 is 0 Å². The molecule has 0 saturated carbocycles. The van der Waals surface area contributed by atoms with Gasteiger partial charge >= 0.3 is 0 Å². The van der Waals surface area contributed by atoms with Crippen LogP contribution in [-0.2, 0) is 28.1 Å². The van der Waals surface area contributed by atoms with Crippen LogP contribution in [0.5, 0.6) is 0 Å². The molecule has 0 saturated heterocycles. The summed E-state index contributed by atoms with van der Waals surface area (Å²) in [7, 11) is 0. The van der Waals surface area contributed by atoms with Crippen molar-refractivity contribution >= 4 is 0 Å². The van der Waals surface area contributed by atoms with Gasteiger partial charge in [-0.15, -0.1) is 0 Å². The van der Waals surface area contributed by atoms with E-state index in [1.54, 1.807) is 0 Å². The SMILES string of the molecule is CC(C)OCc1ccc(C(C)(C)c2ccc(COC(C)C)cc2)cc1. The summed E-state index contributed by atoms with van der Waals surface area (Å²) in [6.07, 6.45) is 0.517. The number of ether oxygens (including phenoxy) is 2. The predicted octanol–water partition coefficient (Wildman–Crippen LogP) is 5.86. The van der Waals surface area contributed by atoms with Crippen LogP contribution in [0.25, 0.3) is 0 Å². The zero-order valence-corrected chi connectivity index (χ0v) is 16.5. The summed E-state index contributed by atoms with van der Waals surface area (Å²) in [4.78, 5) is 0. The van der Waals surface area contributed by atoms with Crippen LogP contribution in [0.3, 0.4) is 0 Å². The lowest BCUT2D eigenvalue weighted by Gasteiger charge is -2.26. The quantitative estimate of drug-likeness (QED) is 0.599. The summed E-state index contributed by atoms with van der Waals surface area (Å²) < 4.78 is 11.4. The molecule has 0 aromatic heterocycles. The molecule has 0 amide bonds. The Morgan fingerprint density at radius 2 is 0.960 bits per heavy atom. The number of hydrogen-bond acceptors (Lipinski definition) is 2. The number of benzene rings is 2. The van der Waals surface area contributed by atoms with Crippen LogP contribution >= 0.6 is 0 Å². The minimum Gasteiger partial charge on any atom is -0.374 e. The zero-order chi connectivity index (χ0) is 18.4. The second kappa shape index (κ2) is 8.64. The molecule has 2 heteroatoms. The molecule has 0 aliphatic carbocycles. The molecule has 0 aliphatic heterocycles. The van der Waals surface area contributed by atoms with Crippen molar-refractivity contribution in [3.63, 3.8) is 0 Å². The maximum absolute atomic E-state index is 5.68. The lowest BCUT2D eigenvalue weighted by Crippen LogP contribution is -2.19. The van der Waals surface area contributed by atoms with Gasteiger partial charge in [0.05, 0.1) is 25.4 Å². The normalized spacial score (nSPS) is 12.2. The van der Waals surface area contributed by atoms with Gasteiger partial charge in [0.25, 0.3) is 0 Å². The number of rotatable bonds is 8. The Balaban J connectivity index is 2.09. The lowest BCUT2D eigenvalue weighted by molar-refractivity contribution is 0.0655. The van der Waals surface area contributed by atoms with E-state index in [9.17, 15) is 0 Å². The van der Waals surface area contributed by atoms with Crippen molar-refractivity contribution in [2.24, 2.45) is 0 Å². The molecule has 2 aromatic rings. The van der Waals surface area contributed by atoms with Crippen LogP contribution in [0.4, 0.5) is 0 Å². The van der Waals surface area contributed by atoms with Gasteiger partial charge in [-0.2, -0.15) is 0 Å². The van der Waals surface area contributed by atoms with E-state index in [1.807, 2.05) is 0 Å². The second-order valence-electron chi connectivity index (χ2n) is 7.74. The van der Waals surface area contributed by atoms with Gasteiger partial charge in [-0.3, -0.25) is 0 Å². The van der Waals surface area contributed by atoms with Crippen LogP contribution in [0.2, 0.25) is 0 Å². The van der Waals surface area contributed by atoms with Gasteiger partial charge in [-0.05, 0) is 49.9 Å². The van der Waals surface area contributed by atoms with Gasteiger partial charge in [0, 0.05) is 5.41 Å². The Hall–Kier alpha value is -1.64. The fraction of sp³-hybridized carbons (Fsp3) is 0.478. The molecule has 0 bridgehead atoms. The molecule has 0 spiro atoms. The van der Waals surface area contributed by atoms with Gasteiger partial charge in [0.15, 0.2) is 0 Å². The Morgan fingerprint density at radius 1 is 0.640 bits per heavy atom. The molecule has 25 heavy (non-hydrogen) atoms. The summed E-state index contributed by atoms with van der Waals surface area (Å²) in [5.41, 5.74) is 5.03. The Bertz CT molecular complexity index is 579. The predicted molar refractivity (Wildman–Crippen MR) is 105 cm³/mol. The monoisotopic (exact) mass is 340 g/mol. The molecule has 0 unspecified atom stereocenters. The average Bonchev–Trinajstić information content (AvgIpc) is 2.59. The highest BCUT2D eigenvalue weighted by atomic mass is 16.5. The van der Waals surface area contributed by atoms with Gasteiger partial charge in [0.2, 0.25) is 0 Å². The third kappa shape index (κ3) is 5.69. The van der Waals surface area contributed by atoms with Crippen LogP contribution in [-0.4, -0.2) is 12.2 Å². The van der Waals surface area contributed by atoms with Crippen LogP contribution in [0.15, 0.2) is 48.5 Å². The summed E-state index contributed by atoms with van der Waals surface area (Å²) in [6.45, 7) is 14.1. The van der Waals surface area contributed by atoms with E-state index in [-0.39, 0.29) is 17.6 Å². The zero-order valence-electron chi connectivity index (χ0n) is 16.5. The lowest BCUT2D eigenvalue weighted by atomic mass is 9.78. The summed E-state index contributed by atoms with van der Waals surface area (Å²) >= 11 is 0. The molecular weight excluding hydrogens is 308 g/mol. The first kappa shape index (κ1) is 19.7. The van der Waals surface area contributed by atoms with E-state index in [1.165, 1.54) is 22.3 Å². The second-order valence-corrected chi connectivity index (χ2v) is 7.74. The third-order valence-electron chi connectivity index (χ3n) is 4.52. The first-order chi connectivity index (χ1) is 11.8. The Morgan fingerprint density at radius 3 is 1.24 bits per heavy atom. The summed E-state index contributed by atoms with van der Waals surface area (Å²) in [5.74, 6) is 0. The van der Waals surface area contributed by atoms with Gasteiger partial charge in [0.1, 0.15) is 0 Å². The molecular formula is C23H32O2. The van der Waals surface area contributed by atoms with Crippen molar-refractivity contribution in [2.75, 3.05) is 0 Å². The van der Waals surface area contributed by atoms with Crippen LogP contribution < -0.4 is 0 Å². The van der Waals surface area contributed by atoms with Gasteiger partial charge in [-0.1, -0.05) is 62.4 Å². The topological polar surface area (TPSA) is 18.5 Å². The van der Waals surface area contributed by atoms with Crippen molar-refractivity contribution in [3.05, 3.63) is 70.8 Å². The average molecular weight is 341 g/mol. The van der Waals surface area contributed by atoms with E-state index in [4.69, 9.17) is 9.47 Å². The van der Waals surface area contributed by atoms with Crippen molar-refractivity contribution in [3.8, 4) is 0 Å².